The monoisotopic (exact) mass is 466 g/mol. The van der Waals surface area contributed by atoms with E-state index in [4.69, 9.17) is 10.8 Å². The third kappa shape index (κ3) is 4.25. The number of aromatic nitrogens is 4. The first-order valence-corrected chi connectivity index (χ1v) is 12.4. The highest BCUT2D eigenvalue weighted by atomic mass is 32.2. The van der Waals surface area contributed by atoms with Crippen LogP contribution in [-0.2, 0) is 15.8 Å². The van der Waals surface area contributed by atoms with Gasteiger partial charge in [-0.15, -0.1) is 0 Å². The molecule has 4 aromatic rings. The van der Waals surface area contributed by atoms with E-state index in [1.54, 1.807) is 36.4 Å². The summed E-state index contributed by atoms with van der Waals surface area (Å²) in [6, 6.07) is 13.2. The maximum absolute atomic E-state index is 15.0. The molecule has 0 bridgehead atoms. The zero-order valence-electron chi connectivity index (χ0n) is 17.8. The molecule has 0 unspecified atom stereocenters. The van der Waals surface area contributed by atoms with Crippen LogP contribution in [0.4, 0.5) is 15.9 Å². The maximum atomic E-state index is 15.0. The van der Waals surface area contributed by atoms with Crippen LogP contribution in [0.1, 0.15) is 37.3 Å². The Morgan fingerprint density at radius 1 is 1.09 bits per heavy atom. The van der Waals surface area contributed by atoms with Crippen LogP contribution in [0.3, 0.4) is 0 Å². The van der Waals surface area contributed by atoms with Crippen molar-refractivity contribution in [2.45, 2.75) is 37.5 Å². The predicted molar refractivity (Wildman–Crippen MR) is 125 cm³/mol. The van der Waals surface area contributed by atoms with Gasteiger partial charge in [-0.2, -0.15) is 5.10 Å². The van der Waals surface area contributed by atoms with Gasteiger partial charge in [-0.05, 0) is 30.5 Å². The Bertz CT molecular complexity index is 1420. The van der Waals surface area contributed by atoms with Crippen LogP contribution in [0.25, 0.3) is 22.3 Å². The zero-order valence-corrected chi connectivity index (χ0v) is 18.6. The van der Waals surface area contributed by atoms with Crippen molar-refractivity contribution in [3.63, 3.8) is 0 Å². The van der Waals surface area contributed by atoms with Crippen LogP contribution in [0.15, 0.2) is 54.9 Å². The van der Waals surface area contributed by atoms with Gasteiger partial charge in [0.2, 0.25) is 10.0 Å². The molecule has 0 saturated heterocycles. The molecule has 1 saturated carbocycles. The van der Waals surface area contributed by atoms with Gasteiger partial charge < -0.3 is 5.73 Å². The first-order valence-electron chi connectivity index (χ1n) is 10.7. The second-order valence-corrected chi connectivity index (χ2v) is 9.95. The minimum absolute atomic E-state index is 0.126. The number of fused-ring (bicyclic) bond motifs is 1. The minimum atomic E-state index is -3.79. The van der Waals surface area contributed by atoms with Crippen LogP contribution in [0, 0.1) is 5.82 Å². The Hall–Kier alpha value is -3.53. The van der Waals surface area contributed by atoms with Gasteiger partial charge in [0.1, 0.15) is 23.7 Å². The molecule has 0 amide bonds. The van der Waals surface area contributed by atoms with E-state index in [2.05, 4.69) is 14.7 Å². The second kappa shape index (κ2) is 8.43. The van der Waals surface area contributed by atoms with Crippen molar-refractivity contribution in [3.8, 4) is 11.3 Å². The zero-order chi connectivity index (χ0) is 23.0. The Balaban J connectivity index is 1.48. The second-order valence-electron chi connectivity index (χ2n) is 8.23. The molecule has 5 rings (SSSR count). The number of sulfonamides is 1. The van der Waals surface area contributed by atoms with Crippen LogP contribution < -0.4 is 10.5 Å². The molecule has 170 valence electrons. The summed E-state index contributed by atoms with van der Waals surface area (Å²) < 4.78 is 44.2. The Labute approximate surface area is 190 Å². The summed E-state index contributed by atoms with van der Waals surface area (Å²) in [5.41, 5.74) is 8.20. The van der Waals surface area contributed by atoms with Crippen molar-refractivity contribution in [1.82, 2.24) is 19.7 Å². The van der Waals surface area contributed by atoms with E-state index in [1.807, 2.05) is 4.68 Å². The van der Waals surface area contributed by atoms with Gasteiger partial charge in [-0.25, -0.2) is 27.5 Å². The number of rotatable bonds is 6. The third-order valence-corrected chi connectivity index (χ3v) is 7.14. The van der Waals surface area contributed by atoms with Gasteiger partial charge in [0.25, 0.3) is 0 Å². The number of hydrogen-bond acceptors (Lipinski definition) is 6. The fourth-order valence-electron chi connectivity index (χ4n) is 4.34. The predicted octanol–water partition coefficient (Wildman–Crippen LogP) is 4.27. The quantitative estimate of drug-likeness (QED) is 0.438. The summed E-state index contributed by atoms with van der Waals surface area (Å²) >= 11 is 0. The van der Waals surface area contributed by atoms with Crippen LogP contribution in [0.2, 0.25) is 0 Å². The summed E-state index contributed by atoms with van der Waals surface area (Å²) in [5.74, 6) is -0.685. The van der Waals surface area contributed by atoms with Gasteiger partial charge in [0.15, 0.2) is 5.65 Å². The van der Waals surface area contributed by atoms with Crippen molar-refractivity contribution in [2.75, 3.05) is 10.5 Å². The molecular formula is C23H23FN6O2S. The number of halogens is 1. The van der Waals surface area contributed by atoms with Crippen molar-refractivity contribution in [3.05, 3.63) is 66.2 Å². The molecule has 3 N–H and O–H groups in total. The number of hydrogen-bond donors (Lipinski definition) is 2. The lowest BCUT2D eigenvalue weighted by Gasteiger charge is -2.10. The summed E-state index contributed by atoms with van der Waals surface area (Å²) in [5, 5.41) is 5.30. The molecule has 0 spiro atoms. The number of nitrogens with two attached hydrogens (primary N) is 1. The highest BCUT2D eigenvalue weighted by molar-refractivity contribution is 7.91. The highest BCUT2D eigenvalue weighted by Gasteiger charge is 2.25. The van der Waals surface area contributed by atoms with E-state index in [0.29, 0.717) is 27.9 Å². The number of nitrogens with one attached hydrogen (secondary N) is 1. The first kappa shape index (κ1) is 21.3. The van der Waals surface area contributed by atoms with Crippen molar-refractivity contribution in [2.24, 2.45) is 0 Å². The molecule has 2 heterocycles. The molecule has 0 atom stereocenters. The summed E-state index contributed by atoms with van der Waals surface area (Å²) in [4.78, 5) is 8.47. The average molecular weight is 467 g/mol. The Morgan fingerprint density at radius 2 is 1.85 bits per heavy atom. The van der Waals surface area contributed by atoms with E-state index < -0.39 is 15.8 Å². The topological polar surface area (TPSA) is 116 Å². The smallest absolute Gasteiger partial charge is 0.237 e. The van der Waals surface area contributed by atoms with Gasteiger partial charge in [0.05, 0.1) is 22.9 Å². The molecule has 0 radical (unpaired) electrons. The molecular weight excluding hydrogens is 443 g/mol. The van der Waals surface area contributed by atoms with Gasteiger partial charge in [-0.3, -0.25) is 4.72 Å². The Kier molecular flexibility index (Phi) is 5.45. The molecule has 1 aliphatic carbocycles. The number of nitrogens with zero attached hydrogens (tertiary/aromatic N) is 4. The SMILES string of the molecule is Nc1ncnc2c1c(-c1ccc(NS(=O)(=O)Cc3ccccc3)c(F)c1)nn2C1CCCC1. The largest absolute Gasteiger partial charge is 0.383 e. The van der Waals surface area contributed by atoms with Crippen LogP contribution >= 0.6 is 0 Å². The number of nitrogen functional groups attached to an aromatic ring is 1. The lowest BCUT2D eigenvalue weighted by atomic mass is 10.1. The van der Waals surface area contributed by atoms with Gasteiger partial charge in [-0.1, -0.05) is 49.2 Å². The van der Waals surface area contributed by atoms with Crippen molar-refractivity contribution < 1.29 is 12.8 Å². The fraction of sp³-hybridized carbons (Fsp3) is 0.261. The number of anilines is 2. The lowest BCUT2D eigenvalue weighted by molar-refractivity contribution is 0.479. The van der Waals surface area contributed by atoms with Crippen LogP contribution in [-0.4, -0.2) is 28.2 Å². The van der Waals surface area contributed by atoms with E-state index in [9.17, 15) is 12.8 Å². The molecule has 8 nitrogen and oxygen atoms in total. The van der Waals surface area contributed by atoms with Gasteiger partial charge >= 0.3 is 0 Å². The molecule has 1 fully saturated rings. The molecule has 2 aromatic carbocycles. The minimum Gasteiger partial charge on any atom is -0.383 e. The van der Waals surface area contributed by atoms with Gasteiger partial charge in [0, 0.05) is 5.56 Å². The summed E-state index contributed by atoms with van der Waals surface area (Å²) in [6.45, 7) is 0. The summed E-state index contributed by atoms with van der Waals surface area (Å²) in [6.07, 6.45) is 5.63. The summed E-state index contributed by atoms with van der Waals surface area (Å²) in [7, 11) is -3.79. The normalized spacial score (nSPS) is 14.7. The molecule has 0 aliphatic heterocycles. The van der Waals surface area contributed by atoms with Crippen molar-refractivity contribution in [1.29, 1.82) is 0 Å². The van der Waals surface area contributed by atoms with E-state index >= 15 is 0 Å². The average Bonchev–Trinajstić information content (AvgIpc) is 3.44. The molecule has 1 aliphatic rings. The lowest BCUT2D eigenvalue weighted by Crippen LogP contribution is -2.16. The molecule has 33 heavy (non-hydrogen) atoms. The Morgan fingerprint density at radius 3 is 2.58 bits per heavy atom. The van der Waals surface area contributed by atoms with Crippen LogP contribution in [0.5, 0.6) is 0 Å². The van der Waals surface area contributed by atoms with E-state index in [0.717, 1.165) is 25.7 Å². The van der Waals surface area contributed by atoms with E-state index in [-0.39, 0.29) is 23.3 Å². The first-order chi connectivity index (χ1) is 15.9. The molecule has 2 aromatic heterocycles. The maximum Gasteiger partial charge on any atom is 0.237 e. The molecule has 10 heteroatoms. The van der Waals surface area contributed by atoms with Crippen molar-refractivity contribution >= 4 is 32.6 Å². The standard InChI is InChI=1S/C23H23FN6O2S/c24-18-12-16(10-11-19(18)29-33(31,32)13-15-6-2-1-3-7-15)21-20-22(25)26-14-27-23(20)30(28-21)17-8-4-5-9-17/h1-3,6-7,10-12,14,17,29H,4-5,8-9,13H2,(H2,25,26,27). The highest BCUT2D eigenvalue weighted by Crippen LogP contribution is 2.37. The third-order valence-electron chi connectivity index (χ3n) is 5.90. The fourth-order valence-corrected chi connectivity index (χ4v) is 5.55. The number of benzene rings is 2. The van der Waals surface area contributed by atoms with E-state index in [1.165, 1.54) is 18.5 Å².